The van der Waals surface area contributed by atoms with Gasteiger partial charge in [-0.3, -0.25) is 4.79 Å². The second-order valence-electron chi connectivity index (χ2n) is 6.44. The molecule has 0 bridgehead atoms. The number of halogens is 1. The van der Waals surface area contributed by atoms with Crippen molar-refractivity contribution in [3.8, 4) is 0 Å². The topological polar surface area (TPSA) is 69.6 Å². The summed E-state index contributed by atoms with van der Waals surface area (Å²) in [6.07, 6.45) is 3.72. The standard InChI is InChI=1S/C17H21FN2O3/c18-14-6-4-12(5-7-14)15(11-2-1-3-11)19-17(23)20-9-8-13(10-20)16(21)22/h4-7,11,13,15H,1-3,8-10H2,(H,19,23)(H,21,22). The molecule has 1 heterocycles. The zero-order valence-corrected chi connectivity index (χ0v) is 12.9. The molecule has 1 saturated carbocycles. The highest BCUT2D eigenvalue weighted by Crippen LogP contribution is 2.38. The Morgan fingerprint density at radius 1 is 1.22 bits per heavy atom. The maximum Gasteiger partial charge on any atom is 0.317 e. The van der Waals surface area contributed by atoms with Gasteiger partial charge >= 0.3 is 12.0 Å². The second kappa shape index (κ2) is 6.56. The lowest BCUT2D eigenvalue weighted by Crippen LogP contribution is -2.44. The first-order valence-corrected chi connectivity index (χ1v) is 8.08. The maximum atomic E-state index is 13.1. The van der Waals surface area contributed by atoms with Crippen molar-refractivity contribution >= 4 is 12.0 Å². The van der Waals surface area contributed by atoms with Crippen LogP contribution in [-0.4, -0.2) is 35.1 Å². The molecule has 0 spiro atoms. The summed E-state index contributed by atoms with van der Waals surface area (Å²) in [5.74, 6) is -1.26. The van der Waals surface area contributed by atoms with Crippen LogP contribution in [0.3, 0.4) is 0 Å². The van der Waals surface area contributed by atoms with Crippen LogP contribution in [0.5, 0.6) is 0 Å². The predicted octanol–water partition coefficient (Wildman–Crippen LogP) is 2.78. The molecule has 1 aliphatic carbocycles. The average molecular weight is 320 g/mol. The molecule has 2 atom stereocenters. The minimum atomic E-state index is -0.852. The van der Waals surface area contributed by atoms with Crippen LogP contribution in [0.4, 0.5) is 9.18 Å². The lowest BCUT2D eigenvalue weighted by Gasteiger charge is -2.35. The molecule has 1 aromatic carbocycles. The van der Waals surface area contributed by atoms with Gasteiger partial charge in [-0.05, 0) is 42.9 Å². The van der Waals surface area contributed by atoms with Crippen molar-refractivity contribution < 1.29 is 19.1 Å². The molecule has 6 heteroatoms. The number of rotatable bonds is 4. The first-order valence-electron chi connectivity index (χ1n) is 8.08. The smallest absolute Gasteiger partial charge is 0.317 e. The SMILES string of the molecule is O=C(O)C1CCN(C(=O)NC(c2ccc(F)cc2)C2CCC2)C1. The van der Waals surface area contributed by atoms with Crippen molar-refractivity contribution in [2.75, 3.05) is 13.1 Å². The average Bonchev–Trinajstić information content (AvgIpc) is 2.95. The number of benzene rings is 1. The number of nitrogens with one attached hydrogen (secondary N) is 1. The molecule has 0 aromatic heterocycles. The van der Waals surface area contributed by atoms with Crippen LogP contribution in [0, 0.1) is 17.7 Å². The Balaban J connectivity index is 1.68. The van der Waals surface area contributed by atoms with Crippen LogP contribution in [0.1, 0.15) is 37.3 Å². The van der Waals surface area contributed by atoms with Gasteiger partial charge < -0.3 is 15.3 Å². The summed E-state index contributed by atoms with van der Waals surface area (Å²) in [7, 11) is 0. The van der Waals surface area contributed by atoms with Crippen molar-refractivity contribution in [3.63, 3.8) is 0 Å². The normalized spacial score (nSPS) is 22.5. The highest BCUT2D eigenvalue weighted by atomic mass is 19.1. The fourth-order valence-electron chi connectivity index (χ4n) is 3.29. The minimum Gasteiger partial charge on any atom is -0.481 e. The van der Waals surface area contributed by atoms with Crippen LogP contribution < -0.4 is 5.32 Å². The van der Waals surface area contributed by atoms with Gasteiger partial charge in [0.25, 0.3) is 0 Å². The summed E-state index contributed by atoms with van der Waals surface area (Å²) in [5.41, 5.74) is 0.901. The molecule has 2 unspecified atom stereocenters. The number of nitrogens with zero attached hydrogens (tertiary/aromatic N) is 1. The molecule has 23 heavy (non-hydrogen) atoms. The van der Waals surface area contributed by atoms with E-state index in [1.54, 1.807) is 17.0 Å². The Labute approximate surface area is 134 Å². The summed E-state index contributed by atoms with van der Waals surface area (Å²) >= 11 is 0. The Morgan fingerprint density at radius 2 is 1.91 bits per heavy atom. The molecule has 2 aliphatic rings. The number of hydrogen-bond acceptors (Lipinski definition) is 2. The van der Waals surface area contributed by atoms with Gasteiger partial charge in [0.05, 0.1) is 12.0 Å². The van der Waals surface area contributed by atoms with Crippen molar-refractivity contribution in [1.82, 2.24) is 10.2 Å². The quantitative estimate of drug-likeness (QED) is 0.896. The third-order valence-corrected chi connectivity index (χ3v) is 4.95. The van der Waals surface area contributed by atoms with Crippen molar-refractivity contribution in [1.29, 1.82) is 0 Å². The van der Waals surface area contributed by atoms with Crippen molar-refractivity contribution in [2.24, 2.45) is 11.8 Å². The molecule has 2 fully saturated rings. The number of hydrogen-bond donors (Lipinski definition) is 2. The molecule has 1 aromatic rings. The number of carboxylic acid groups (broad SMARTS) is 1. The maximum absolute atomic E-state index is 13.1. The predicted molar refractivity (Wildman–Crippen MR) is 82.3 cm³/mol. The number of aliphatic carboxylic acids is 1. The molecule has 0 radical (unpaired) electrons. The van der Waals surface area contributed by atoms with Crippen LogP contribution in [0.25, 0.3) is 0 Å². The Kier molecular flexibility index (Phi) is 4.50. The van der Waals surface area contributed by atoms with E-state index in [0.29, 0.717) is 18.9 Å². The Hall–Kier alpha value is -2.11. The fourth-order valence-corrected chi connectivity index (χ4v) is 3.29. The number of amides is 2. The van der Waals surface area contributed by atoms with E-state index in [4.69, 9.17) is 5.11 Å². The van der Waals surface area contributed by atoms with E-state index in [1.165, 1.54) is 12.1 Å². The van der Waals surface area contributed by atoms with Gasteiger partial charge in [0.15, 0.2) is 0 Å². The molecular formula is C17H21FN2O3. The zero-order chi connectivity index (χ0) is 16.4. The number of carbonyl (C=O) groups excluding carboxylic acids is 1. The number of carbonyl (C=O) groups is 2. The summed E-state index contributed by atoms with van der Waals surface area (Å²) in [4.78, 5) is 25.0. The highest BCUT2D eigenvalue weighted by Gasteiger charge is 2.34. The van der Waals surface area contributed by atoms with Gasteiger partial charge in [-0.25, -0.2) is 9.18 Å². The summed E-state index contributed by atoms with van der Waals surface area (Å²) < 4.78 is 13.1. The molecule has 2 amide bonds. The van der Waals surface area contributed by atoms with Gasteiger partial charge in [-0.2, -0.15) is 0 Å². The van der Waals surface area contributed by atoms with Crippen LogP contribution in [0.15, 0.2) is 24.3 Å². The van der Waals surface area contributed by atoms with Gasteiger partial charge in [-0.1, -0.05) is 18.6 Å². The largest absolute Gasteiger partial charge is 0.481 e. The van der Waals surface area contributed by atoms with Gasteiger partial charge in [-0.15, -0.1) is 0 Å². The lowest BCUT2D eigenvalue weighted by atomic mass is 9.77. The van der Waals surface area contributed by atoms with E-state index in [-0.39, 0.29) is 24.4 Å². The van der Waals surface area contributed by atoms with Gasteiger partial charge in [0, 0.05) is 13.1 Å². The molecule has 1 aliphatic heterocycles. The van der Waals surface area contributed by atoms with E-state index in [9.17, 15) is 14.0 Å². The number of carboxylic acids is 1. The number of urea groups is 1. The second-order valence-corrected chi connectivity index (χ2v) is 6.44. The summed E-state index contributed by atoms with van der Waals surface area (Å²) in [6.45, 7) is 0.714. The van der Waals surface area contributed by atoms with Crippen LogP contribution >= 0.6 is 0 Å². The van der Waals surface area contributed by atoms with Crippen LogP contribution in [-0.2, 0) is 4.79 Å². The van der Waals surface area contributed by atoms with E-state index in [1.807, 2.05) is 0 Å². The van der Waals surface area contributed by atoms with E-state index >= 15 is 0 Å². The first kappa shape index (κ1) is 15.8. The fraction of sp³-hybridized carbons (Fsp3) is 0.529. The summed E-state index contributed by atoms with van der Waals surface area (Å²) in [6, 6.07) is 5.87. The summed E-state index contributed by atoms with van der Waals surface area (Å²) in [5, 5.41) is 12.1. The lowest BCUT2D eigenvalue weighted by molar-refractivity contribution is -0.141. The third kappa shape index (κ3) is 3.46. The van der Waals surface area contributed by atoms with E-state index in [0.717, 1.165) is 24.8 Å². The van der Waals surface area contributed by atoms with Crippen LogP contribution in [0.2, 0.25) is 0 Å². The Bertz CT molecular complexity index is 586. The molecule has 2 N–H and O–H groups in total. The minimum absolute atomic E-state index is 0.138. The first-order chi connectivity index (χ1) is 11.0. The van der Waals surface area contributed by atoms with E-state index in [2.05, 4.69) is 5.32 Å². The van der Waals surface area contributed by atoms with Crippen molar-refractivity contribution in [2.45, 2.75) is 31.7 Å². The monoisotopic (exact) mass is 320 g/mol. The Morgan fingerprint density at radius 3 is 2.43 bits per heavy atom. The van der Waals surface area contributed by atoms with Gasteiger partial charge in [0.1, 0.15) is 5.82 Å². The van der Waals surface area contributed by atoms with Crippen molar-refractivity contribution in [3.05, 3.63) is 35.6 Å². The molecule has 3 rings (SSSR count). The highest BCUT2D eigenvalue weighted by molar-refractivity contribution is 5.77. The molecular weight excluding hydrogens is 299 g/mol. The molecule has 124 valence electrons. The third-order valence-electron chi connectivity index (χ3n) is 4.95. The van der Waals surface area contributed by atoms with Gasteiger partial charge in [0.2, 0.25) is 0 Å². The molecule has 1 saturated heterocycles. The molecule has 5 nitrogen and oxygen atoms in total. The zero-order valence-electron chi connectivity index (χ0n) is 12.9. The van der Waals surface area contributed by atoms with E-state index < -0.39 is 11.9 Å². The number of likely N-dealkylation sites (tertiary alicyclic amines) is 1.